The molecule has 1 aliphatic rings. The summed E-state index contributed by atoms with van der Waals surface area (Å²) in [5.41, 5.74) is 5.33. The first-order valence-corrected chi connectivity index (χ1v) is 14.7. The summed E-state index contributed by atoms with van der Waals surface area (Å²) in [6.07, 6.45) is 1.81. The highest BCUT2D eigenvalue weighted by atomic mass is 16.5. The maximum absolute atomic E-state index is 13.5. The predicted molar refractivity (Wildman–Crippen MR) is 173 cm³/mol. The number of rotatable bonds is 10. The minimum absolute atomic E-state index is 0.343. The third-order valence-electron chi connectivity index (χ3n) is 7.75. The molecule has 9 nitrogen and oxygen atoms in total. The average molecular weight is 590 g/mol. The maximum atomic E-state index is 13.5. The van der Waals surface area contributed by atoms with Crippen LogP contribution in [0.2, 0.25) is 0 Å². The van der Waals surface area contributed by atoms with Gasteiger partial charge in [-0.1, -0.05) is 36.4 Å². The zero-order valence-corrected chi connectivity index (χ0v) is 24.9. The fourth-order valence-corrected chi connectivity index (χ4v) is 5.55. The van der Waals surface area contributed by atoms with Crippen molar-refractivity contribution in [2.24, 2.45) is 0 Å². The number of ether oxygens (including phenoxy) is 2. The Kier molecular flexibility index (Phi) is 8.56. The molecule has 5 aromatic rings. The van der Waals surface area contributed by atoms with Crippen LogP contribution in [0.1, 0.15) is 16.2 Å². The first kappa shape index (κ1) is 28.9. The lowest BCUT2D eigenvalue weighted by molar-refractivity contribution is -0.112. The van der Waals surface area contributed by atoms with Crippen LogP contribution in [0.3, 0.4) is 0 Å². The number of ketones is 1. The third-order valence-corrected chi connectivity index (χ3v) is 7.75. The van der Waals surface area contributed by atoms with Gasteiger partial charge in [-0.3, -0.25) is 9.59 Å². The van der Waals surface area contributed by atoms with Crippen molar-refractivity contribution in [3.05, 3.63) is 109 Å². The van der Waals surface area contributed by atoms with Crippen LogP contribution in [0.5, 0.6) is 5.75 Å². The number of piperazine rings is 1. The number of hydrogen-bond acceptors (Lipinski definition) is 7. The molecule has 0 unspecified atom stereocenters. The van der Waals surface area contributed by atoms with Crippen molar-refractivity contribution < 1.29 is 19.1 Å². The predicted octanol–water partition coefficient (Wildman–Crippen LogP) is 5.48. The van der Waals surface area contributed by atoms with Crippen LogP contribution in [-0.2, 0) is 9.53 Å². The molecule has 0 aliphatic carbocycles. The van der Waals surface area contributed by atoms with Crippen LogP contribution in [0, 0.1) is 6.92 Å². The van der Waals surface area contributed by atoms with Gasteiger partial charge in [0.25, 0.3) is 11.7 Å². The molecule has 6 rings (SSSR count). The van der Waals surface area contributed by atoms with E-state index in [0.29, 0.717) is 24.6 Å². The Labute approximate surface area is 256 Å². The van der Waals surface area contributed by atoms with Crippen molar-refractivity contribution in [2.45, 2.75) is 6.92 Å². The summed E-state index contributed by atoms with van der Waals surface area (Å²) in [5, 5.41) is 2.80. The molecule has 0 spiro atoms. The number of amides is 1. The van der Waals surface area contributed by atoms with Gasteiger partial charge in [-0.05, 0) is 55.0 Å². The fourth-order valence-electron chi connectivity index (χ4n) is 5.55. The van der Waals surface area contributed by atoms with Crippen molar-refractivity contribution >= 4 is 34.4 Å². The van der Waals surface area contributed by atoms with Crippen LogP contribution >= 0.6 is 0 Å². The molecule has 2 aromatic carbocycles. The minimum Gasteiger partial charge on any atom is -0.491 e. The molecule has 0 atom stereocenters. The summed E-state index contributed by atoms with van der Waals surface area (Å²) in [7, 11) is 1.66. The lowest BCUT2D eigenvalue weighted by Gasteiger charge is -2.37. The van der Waals surface area contributed by atoms with Crippen LogP contribution in [0.4, 0.5) is 17.2 Å². The Morgan fingerprint density at radius 1 is 0.841 bits per heavy atom. The van der Waals surface area contributed by atoms with Crippen molar-refractivity contribution in [1.29, 1.82) is 0 Å². The molecular weight excluding hydrogens is 554 g/mol. The quantitative estimate of drug-likeness (QED) is 0.131. The van der Waals surface area contributed by atoms with Gasteiger partial charge >= 0.3 is 0 Å². The van der Waals surface area contributed by atoms with Crippen molar-refractivity contribution in [3.8, 4) is 16.9 Å². The molecule has 44 heavy (non-hydrogen) atoms. The Morgan fingerprint density at radius 3 is 2.32 bits per heavy atom. The molecule has 1 aliphatic heterocycles. The Bertz CT molecular complexity index is 1760. The van der Waals surface area contributed by atoms with Gasteiger partial charge in [-0.15, -0.1) is 0 Å². The zero-order chi connectivity index (χ0) is 30.5. The van der Waals surface area contributed by atoms with E-state index >= 15 is 0 Å². The van der Waals surface area contributed by atoms with E-state index in [2.05, 4.69) is 15.1 Å². The second-order valence-electron chi connectivity index (χ2n) is 10.7. The summed E-state index contributed by atoms with van der Waals surface area (Å²) in [4.78, 5) is 36.0. The molecule has 0 saturated carbocycles. The Hall–Kier alpha value is -5.15. The number of benzene rings is 2. The van der Waals surface area contributed by atoms with Crippen molar-refractivity contribution in [2.75, 3.05) is 61.6 Å². The van der Waals surface area contributed by atoms with Gasteiger partial charge in [-0.25, -0.2) is 4.98 Å². The number of aromatic nitrogens is 2. The van der Waals surface area contributed by atoms with E-state index in [4.69, 9.17) is 14.5 Å². The van der Waals surface area contributed by atoms with E-state index in [1.54, 1.807) is 11.5 Å². The molecule has 9 heteroatoms. The number of nitrogens with zero attached hydrogens (tertiary/aromatic N) is 4. The molecule has 1 N–H and O–H groups in total. The topological polar surface area (TPSA) is 88.4 Å². The summed E-state index contributed by atoms with van der Waals surface area (Å²) in [5.74, 6) is 0.436. The number of Topliss-reactive ketones (excluding diaryl/α,β-unsaturated/α-hetero) is 1. The van der Waals surface area contributed by atoms with Crippen LogP contribution in [-0.4, -0.2) is 67.6 Å². The molecule has 1 amide bonds. The van der Waals surface area contributed by atoms with Gasteiger partial charge in [0.2, 0.25) is 0 Å². The first-order chi connectivity index (χ1) is 21.5. The van der Waals surface area contributed by atoms with E-state index < -0.39 is 11.7 Å². The lowest BCUT2D eigenvalue weighted by Crippen LogP contribution is -2.46. The zero-order valence-electron chi connectivity index (χ0n) is 24.9. The van der Waals surface area contributed by atoms with Crippen molar-refractivity contribution in [3.63, 3.8) is 0 Å². The highest BCUT2D eigenvalue weighted by molar-refractivity contribution is 6.47. The van der Waals surface area contributed by atoms with E-state index in [9.17, 15) is 9.59 Å². The number of aryl methyl sites for hydroxylation is 1. The van der Waals surface area contributed by atoms with E-state index in [0.717, 1.165) is 65.8 Å². The largest absolute Gasteiger partial charge is 0.491 e. The number of carbonyl (C=O) groups is 2. The molecule has 224 valence electrons. The summed E-state index contributed by atoms with van der Waals surface area (Å²) in [6.45, 7) is 6.28. The Balaban J connectivity index is 1.10. The maximum Gasteiger partial charge on any atom is 0.298 e. The van der Waals surface area contributed by atoms with Crippen LogP contribution in [0.15, 0.2) is 97.2 Å². The number of hydrogen-bond donors (Lipinski definition) is 1. The number of pyridine rings is 2. The number of carbonyl (C=O) groups excluding carboxylic acids is 2. The minimum atomic E-state index is -0.677. The van der Waals surface area contributed by atoms with Gasteiger partial charge in [-0.2, -0.15) is 0 Å². The van der Waals surface area contributed by atoms with Gasteiger partial charge in [0.15, 0.2) is 0 Å². The van der Waals surface area contributed by atoms with E-state index in [-0.39, 0.29) is 0 Å². The number of nitrogens with one attached hydrogen (secondary N) is 1. The second kappa shape index (κ2) is 13.0. The van der Waals surface area contributed by atoms with Crippen molar-refractivity contribution in [1.82, 2.24) is 9.38 Å². The van der Waals surface area contributed by atoms with Gasteiger partial charge < -0.3 is 29.0 Å². The smallest absolute Gasteiger partial charge is 0.298 e. The molecule has 1 fully saturated rings. The SMILES string of the molecule is COCCOc1cc(C)nc(N2CCN(c3ccc(NC(=O)C(=O)c4c(-c5ccccc5)cc5ccccn45)cc3)CC2)c1. The second-order valence-corrected chi connectivity index (χ2v) is 10.7. The molecule has 1 saturated heterocycles. The van der Waals surface area contributed by atoms with Gasteiger partial charge in [0.1, 0.15) is 23.9 Å². The highest BCUT2D eigenvalue weighted by Gasteiger charge is 2.25. The van der Waals surface area contributed by atoms with E-state index in [1.807, 2.05) is 104 Å². The number of methoxy groups -OCH3 is 1. The Morgan fingerprint density at radius 2 is 1.57 bits per heavy atom. The highest BCUT2D eigenvalue weighted by Crippen LogP contribution is 2.29. The summed E-state index contributed by atoms with van der Waals surface area (Å²) >= 11 is 0. The number of anilines is 3. The number of fused-ring (bicyclic) bond motifs is 1. The first-order valence-electron chi connectivity index (χ1n) is 14.7. The van der Waals surface area contributed by atoms with Crippen LogP contribution in [0.25, 0.3) is 16.6 Å². The normalized spacial score (nSPS) is 13.2. The lowest BCUT2D eigenvalue weighted by atomic mass is 10.0. The monoisotopic (exact) mass is 589 g/mol. The van der Waals surface area contributed by atoms with Gasteiger partial charge in [0.05, 0.1) is 6.61 Å². The molecule has 4 heterocycles. The molecule has 0 radical (unpaired) electrons. The standard InChI is InChI=1S/C35H35N5O4/c1-25-22-30(44-21-20-43-2)24-32(36-25)39-18-16-38(17-19-39)28-13-11-27(12-14-28)37-35(42)34(41)33-31(26-8-4-3-5-9-26)23-29-10-6-7-15-40(29)33/h3-15,22-24H,16-21H2,1-2H3,(H,37,42). The average Bonchev–Trinajstić information content (AvgIpc) is 3.45. The third kappa shape index (κ3) is 6.28. The van der Waals surface area contributed by atoms with Gasteiger partial charge in [0, 0.05) is 79.8 Å². The summed E-state index contributed by atoms with van der Waals surface area (Å²) < 4.78 is 12.7. The van der Waals surface area contributed by atoms with Crippen LogP contribution < -0.4 is 19.9 Å². The summed E-state index contributed by atoms with van der Waals surface area (Å²) in [6, 6.07) is 28.8. The fraction of sp³-hybridized carbons (Fsp3) is 0.229. The molecule has 0 bridgehead atoms. The molecule has 3 aromatic heterocycles. The molecular formula is C35H35N5O4. The van der Waals surface area contributed by atoms with E-state index in [1.165, 1.54) is 0 Å².